The standard InChI is InChI=1S/C8H6Cl2FNO3/c9-5-4(8(14)15)3-12(2-1-11)7(13)6(5)10/h3H,1-2H2,(H,14,15). The summed E-state index contributed by atoms with van der Waals surface area (Å²) >= 11 is 11.1. The minimum atomic E-state index is -1.32. The number of aromatic nitrogens is 1. The highest BCUT2D eigenvalue weighted by Crippen LogP contribution is 2.22. The van der Waals surface area contributed by atoms with Gasteiger partial charge in [-0.05, 0) is 0 Å². The van der Waals surface area contributed by atoms with Crippen molar-refractivity contribution in [3.05, 3.63) is 32.2 Å². The Balaban J connectivity index is 3.45. The Morgan fingerprint density at radius 3 is 2.53 bits per heavy atom. The summed E-state index contributed by atoms with van der Waals surface area (Å²) in [7, 11) is 0. The van der Waals surface area contributed by atoms with Gasteiger partial charge >= 0.3 is 5.97 Å². The van der Waals surface area contributed by atoms with E-state index in [1.54, 1.807) is 0 Å². The van der Waals surface area contributed by atoms with E-state index in [9.17, 15) is 14.0 Å². The highest BCUT2D eigenvalue weighted by Gasteiger charge is 2.16. The maximum absolute atomic E-state index is 12.0. The number of pyridine rings is 1. The minimum absolute atomic E-state index is 0.254. The van der Waals surface area contributed by atoms with Gasteiger partial charge in [0.05, 0.1) is 17.1 Å². The predicted molar refractivity (Wildman–Crippen MR) is 53.7 cm³/mol. The van der Waals surface area contributed by atoms with E-state index in [0.29, 0.717) is 0 Å². The zero-order valence-electron chi connectivity index (χ0n) is 7.34. The van der Waals surface area contributed by atoms with Gasteiger partial charge in [-0.25, -0.2) is 9.18 Å². The Kier molecular flexibility index (Phi) is 3.71. The monoisotopic (exact) mass is 253 g/mol. The fourth-order valence-corrected chi connectivity index (χ4v) is 1.44. The Morgan fingerprint density at radius 1 is 1.47 bits per heavy atom. The van der Waals surface area contributed by atoms with Gasteiger partial charge in [-0.2, -0.15) is 0 Å². The van der Waals surface area contributed by atoms with Crippen molar-refractivity contribution >= 4 is 29.2 Å². The van der Waals surface area contributed by atoms with E-state index >= 15 is 0 Å². The van der Waals surface area contributed by atoms with Crippen LogP contribution in [0.3, 0.4) is 0 Å². The minimum Gasteiger partial charge on any atom is -0.478 e. The molecule has 7 heteroatoms. The van der Waals surface area contributed by atoms with Gasteiger partial charge in [-0.15, -0.1) is 0 Å². The van der Waals surface area contributed by atoms with Crippen LogP contribution in [0.4, 0.5) is 4.39 Å². The number of hydrogen-bond donors (Lipinski definition) is 1. The van der Waals surface area contributed by atoms with Crippen LogP contribution in [-0.4, -0.2) is 22.3 Å². The van der Waals surface area contributed by atoms with Gasteiger partial charge in [0.25, 0.3) is 5.56 Å². The fourth-order valence-electron chi connectivity index (χ4n) is 1.02. The van der Waals surface area contributed by atoms with Crippen LogP contribution in [0, 0.1) is 0 Å². The molecule has 4 nitrogen and oxygen atoms in total. The Hall–Kier alpha value is -1.07. The molecule has 15 heavy (non-hydrogen) atoms. The summed E-state index contributed by atoms with van der Waals surface area (Å²) in [5.41, 5.74) is -1.03. The summed E-state index contributed by atoms with van der Waals surface area (Å²) in [6.45, 7) is -1.05. The van der Waals surface area contributed by atoms with Crippen LogP contribution in [0.2, 0.25) is 10.0 Å². The van der Waals surface area contributed by atoms with E-state index < -0.39 is 23.2 Å². The van der Waals surface area contributed by atoms with Gasteiger partial charge in [0, 0.05) is 6.20 Å². The van der Waals surface area contributed by atoms with Crippen LogP contribution >= 0.6 is 23.2 Å². The second kappa shape index (κ2) is 4.63. The van der Waals surface area contributed by atoms with Crippen molar-refractivity contribution in [1.82, 2.24) is 4.57 Å². The lowest BCUT2D eigenvalue weighted by Gasteiger charge is -2.07. The summed E-state index contributed by atoms with van der Waals surface area (Å²) in [6.07, 6.45) is 0.971. The van der Waals surface area contributed by atoms with Gasteiger partial charge in [-0.3, -0.25) is 4.79 Å². The molecule has 0 unspecified atom stereocenters. The van der Waals surface area contributed by atoms with Crippen LogP contribution in [0.25, 0.3) is 0 Å². The third-order valence-corrected chi connectivity index (χ3v) is 2.56. The zero-order chi connectivity index (χ0) is 11.6. The molecule has 1 aromatic rings. The van der Waals surface area contributed by atoms with Crippen LogP contribution in [0.5, 0.6) is 0 Å². The molecule has 0 atom stereocenters. The average molecular weight is 254 g/mol. The quantitative estimate of drug-likeness (QED) is 0.894. The van der Waals surface area contributed by atoms with E-state index in [0.717, 1.165) is 10.8 Å². The van der Waals surface area contributed by atoms with Crippen molar-refractivity contribution in [2.75, 3.05) is 6.67 Å². The summed E-state index contributed by atoms with van der Waals surface area (Å²) in [4.78, 5) is 22.0. The summed E-state index contributed by atoms with van der Waals surface area (Å²) in [6, 6.07) is 0. The average Bonchev–Trinajstić information content (AvgIpc) is 2.18. The second-order valence-electron chi connectivity index (χ2n) is 2.66. The lowest BCUT2D eigenvalue weighted by molar-refractivity contribution is 0.0696. The molecule has 0 saturated heterocycles. The molecule has 1 aromatic heterocycles. The lowest BCUT2D eigenvalue weighted by Crippen LogP contribution is -2.23. The molecular formula is C8H6Cl2FNO3. The molecule has 1 N–H and O–H groups in total. The molecule has 0 amide bonds. The number of aromatic carboxylic acids is 1. The smallest absolute Gasteiger partial charge is 0.338 e. The van der Waals surface area contributed by atoms with Gasteiger partial charge in [-0.1, -0.05) is 23.2 Å². The maximum Gasteiger partial charge on any atom is 0.338 e. The molecule has 0 radical (unpaired) electrons. The Labute approximate surface area is 93.8 Å². The fraction of sp³-hybridized carbons (Fsp3) is 0.250. The molecule has 1 heterocycles. The second-order valence-corrected chi connectivity index (χ2v) is 3.42. The van der Waals surface area contributed by atoms with Crippen molar-refractivity contribution < 1.29 is 14.3 Å². The molecule has 0 spiro atoms. The topological polar surface area (TPSA) is 59.3 Å². The number of carboxylic acids is 1. The first-order valence-electron chi connectivity index (χ1n) is 3.86. The van der Waals surface area contributed by atoms with Gasteiger partial charge in [0.1, 0.15) is 11.7 Å². The SMILES string of the molecule is O=C(O)c1cn(CCF)c(=O)c(Cl)c1Cl. The van der Waals surface area contributed by atoms with Crippen LogP contribution < -0.4 is 5.56 Å². The van der Waals surface area contributed by atoms with Gasteiger partial charge in [0.15, 0.2) is 0 Å². The molecular weight excluding hydrogens is 248 g/mol. The van der Waals surface area contributed by atoms with E-state index in [1.165, 1.54) is 0 Å². The van der Waals surface area contributed by atoms with Crippen molar-refractivity contribution in [1.29, 1.82) is 0 Å². The van der Waals surface area contributed by atoms with E-state index in [-0.39, 0.29) is 17.1 Å². The third kappa shape index (κ3) is 2.30. The number of nitrogens with zero attached hydrogens (tertiary/aromatic N) is 1. The summed E-state index contributed by atoms with van der Waals surface area (Å²) in [5.74, 6) is -1.32. The van der Waals surface area contributed by atoms with Gasteiger partial charge in [0.2, 0.25) is 0 Å². The number of aryl methyl sites for hydroxylation is 1. The molecule has 82 valence electrons. The summed E-state index contributed by atoms with van der Waals surface area (Å²) < 4.78 is 12.9. The predicted octanol–water partition coefficient (Wildman–Crippen LogP) is 1.82. The first-order chi connectivity index (χ1) is 6.99. The van der Waals surface area contributed by atoms with Crippen LogP contribution in [0.1, 0.15) is 10.4 Å². The molecule has 0 saturated carbocycles. The van der Waals surface area contributed by atoms with Crippen molar-refractivity contribution in [3.8, 4) is 0 Å². The number of halogens is 3. The highest BCUT2D eigenvalue weighted by atomic mass is 35.5. The van der Waals surface area contributed by atoms with Crippen molar-refractivity contribution in [3.63, 3.8) is 0 Å². The number of hydrogen-bond acceptors (Lipinski definition) is 2. The molecule has 0 fully saturated rings. The molecule has 0 aliphatic rings. The first kappa shape index (κ1) is 12.0. The normalized spacial score (nSPS) is 10.3. The molecule has 0 aliphatic carbocycles. The summed E-state index contributed by atoms with van der Waals surface area (Å²) in [5, 5.41) is 7.98. The number of alkyl halides is 1. The third-order valence-electron chi connectivity index (χ3n) is 1.72. The number of carboxylic acid groups (broad SMARTS) is 1. The largest absolute Gasteiger partial charge is 0.478 e. The van der Waals surface area contributed by atoms with Crippen LogP contribution in [-0.2, 0) is 6.54 Å². The lowest BCUT2D eigenvalue weighted by atomic mass is 10.3. The van der Waals surface area contributed by atoms with E-state index in [1.807, 2.05) is 0 Å². The molecule has 1 rings (SSSR count). The van der Waals surface area contributed by atoms with E-state index in [2.05, 4.69) is 0 Å². The zero-order valence-corrected chi connectivity index (χ0v) is 8.85. The Bertz CT molecular complexity index is 458. The highest BCUT2D eigenvalue weighted by molar-refractivity contribution is 6.43. The molecule has 0 bridgehead atoms. The van der Waals surface area contributed by atoms with Crippen LogP contribution in [0.15, 0.2) is 11.0 Å². The van der Waals surface area contributed by atoms with Gasteiger partial charge < -0.3 is 9.67 Å². The van der Waals surface area contributed by atoms with E-state index in [4.69, 9.17) is 28.3 Å². The maximum atomic E-state index is 12.0. The van der Waals surface area contributed by atoms with Crippen molar-refractivity contribution in [2.45, 2.75) is 6.54 Å². The molecule has 0 aliphatic heterocycles. The first-order valence-corrected chi connectivity index (χ1v) is 4.62. The number of rotatable bonds is 3. The molecule has 0 aromatic carbocycles. The number of carbonyl (C=O) groups is 1. The Morgan fingerprint density at radius 2 is 2.07 bits per heavy atom. The van der Waals surface area contributed by atoms with Crippen molar-refractivity contribution in [2.24, 2.45) is 0 Å².